The second-order valence-electron chi connectivity index (χ2n) is 3.59. The van der Waals surface area contributed by atoms with Gasteiger partial charge in [-0.1, -0.05) is 23.2 Å². The fourth-order valence-corrected chi connectivity index (χ4v) is 1.54. The molecule has 1 fully saturated rings. The molecular formula is C9H15Cl2NO. The topological polar surface area (TPSA) is 21.3 Å². The molecule has 2 atom stereocenters. The van der Waals surface area contributed by atoms with Gasteiger partial charge in [-0.15, -0.1) is 0 Å². The molecule has 1 aliphatic rings. The average molecular weight is 224 g/mol. The zero-order chi connectivity index (χ0) is 9.90. The molecule has 76 valence electrons. The quantitative estimate of drug-likeness (QED) is 0.795. The van der Waals surface area contributed by atoms with Gasteiger partial charge in [0.05, 0.1) is 6.10 Å². The summed E-state index contributed by atoms with van der Waals surface area (Å²) in [4.78, 5) is 0. The van der Waals surface area contributed by atoms with E-state index in [1.54, 1.807) is 0 Å². The van der Waals surface area contributed by atoms with Crippen LogP contribution in [-0.4, -0.2) is 24.8 Å². The lowest BCUT2D eigenvalue weighted by atomic mass is 9.95. The highest BCUT2D eigenvalue weighted by Crippen LogP contribution is 2.25. The highest BCUT2D eigenvalue weighted by Gasteiger charge is 2.36. The Kier molecular flexibility index (Phi) is 4.05. The van der Waals surface area contributed by atoms with E-state index in [2.05, 4.69) is 19.2 Å². The molecule has 0 amide bonds. The Labute approximate surface area is 89.2 Å². The molecule has 0 aliphatic carbocycles. The minimum Gasteiger partial charge on any atom is -0.377 e. The van der Waals surface area contributed by atoms with Crippen molar-refractivity contribution < 1.29 is 4.74 Å². The lowest BCUT2D eigenvalue weighted by Crippen LogP contribution is -2.48. The minimum absolute atomic E-state index is 0.0278. The molecule has 1 N–H and O–H groups in total. The third-order valence-corrected chi connectivity index (χ3v) is 3.28. The minimum atomic E-state index is 0.0278. The van der Waals surface area contributed by atoms with Crippen molar-refractivity contribution in [1.82, 2.24) is 5.32 Å². The van der Waals surface area contributed by atoms with Gasteiger partial charge in [-0.2, -0.15) is 0 Å². The maximum absolute atomic E-state index is 5.78. The zero-order valence-corrected chi connectivity index (χ0v) is 9.45. The summed E-state index contributed by atoms with van der Waals surface area (Å²) in [6, 6.07) is 0. The average Bonchev–Trinajstić information content (AvgIpc) is 2.44. The molecule has 2 nitrogen and oxygen atoms in total. The Morgan fingerprint density at radius 3 is 2.92 bits per heavy atom. The first-order chi connectivity index (χ1) is 6.08. The van der Waals surface area contributed by atoms with Crippen molar-refractivity contribution in [2.45, 2.75) is 31.9 Å². The van der Waals surface area contributed by atoms with E-state index >= 15 is 0 Å². The number of rotatable bonds is 3. The van der Waals surface area contributed by atoms with Crippen LogP contribution in [0.25, 0.3) is 0 Å². The van der Waals surface area contributed by atoms with Crippen molar-refractivity contribution in [2.75, 3.05) is 13.2 Å². The van der Waals surface area contributed by atoms with Gasteiger partial charge in [-0.05, 0) is 20.3 Å². The normalized spacial score (nSPS) is 35.4. The maximum Gasteiger partial charge on any atom is 0.0726 e. The number of nitrogens with one attached hydrogen (secondary N) is 1. The van der Waals surface area contributed by atoms with E-state index in [4.69, 9.17) is 27.9 Å². The van der Waals surface area contributed by atoms with Crippen molar-refractivity contribution >= 4 is 23.2 Å². The third-order valence-electron chi connectivity index (χ3n) is 2.67. The van der Waals surface area contributed by atoms with Crippen LogP contribution in [0.1, 0.15) is 20.3 Å². The monoisotopic (exact) mass is 223 g/mol. The molecule has 0 spiro atoms. The molecule has 0 radical (unpaired) electrons. The molecule has 1 aliphatic heterocycles. The Morgan fingerprint density at radius 2 is 2.46 bits per heavy atom. The van der Waals surface area contributed by atoms with Crippen molar-refractivity contribution in [3.05, 3.63) is 10.6 Å². The van der Waals surface area contributed by atoms with Gasteiger partial charge in [0, 0.05) is 29.3 Å². The SMILES string of the molecule is CC1OCCC1(C)NCC(Cl)=CCl. The fraction of sp³-hybridized carbons (Fsp3) is 0.778. The molecule has 1 rings (SSSR count). The highest BCUT2D eigenvalue weighted by molar-refractivity contribution is 6.36. The van der Waals surface area contributed by atoms with E-state index in [9.17, 15) is 0 Å². The van der Waals surface area contributed by atoms with Gasteiger partial charge in [-0.3, -0.25) is 0 Å². The summed E-state index contributed by atoms with van der Waals surface area (Å²) in [7, 11) is 0. The molecule has 0 aromatic rings. The van der Waals surface area contributed by atoms with E-state index in [1.165, 1.54) is 5.54 Å². The molecule has 0 bridgehead atoms. The van der Waals surface area contributed by atoms with Crippen LogP contribution in [0.3, 0.4) is 0 Å². The van der Waals surface area contributed by atoms with Crippen molar-refractivity contribution in [3.8, 4) is 0 Å². The first kappa shape index (κ1) is 11.3. The number of halogens is 2. The molecule has 0 aromatic carbocycles. The van der Waals surface area contributed by atoms with Crippen LogP contribution in [0, 0.1) is 0 Å². The maximum atomic E-state index is 5.78. The third kappa shape index (κ3) is 2.84. The van der Waals surface area contributed by atoms with Crippen LogP contribution in [0.2, 0.25) is 0 Å². The molecule has 2 unspecified atom stereocenters. The molecule has 0 aromatic heterocycles. The smallest absolute Gasteiger partial charge is 0.0726 e. The van der Waals surface area contributed by atoms with E-state index in [1.807, 2.05) is 0 Å². The van der Waals surface area contributed by atoms with Gasteiger partial charge in [-0.25, -0.2) is 0 Å². The summed E-state index contributed by atoms with van der Waals surface area (Å²) in [6.45, 7) is 5.63. The summed E-state index contributed by atoms with van der Waals surface area (Å²) >= 11 is 11.2. The lowest BCUT2D eigenvalue weighted by Gasteiger charge is -2.28. The highest BCUT2D eigenvalue weighted by atomic mass is 35.5. The Hall–Kier alpha value is 0.240. The van der Waals surface area contributed by atoms with E-state index in [-0.39, 0.29) is 11.6 Å². The number of hydrogen-bond donors (Lipinski definition) is 1. The molecular weight excluding hydrogens is 209 g/mol. The number of hydrogen-bond acceptors (Lipinski definition) is 2. The zero-order valence-electron chi connectivity index (χ0n) is 7.94. The fourth-order valence-electron chi connectivity index (χ4n) is 1.39. The Balaban J connectivity index is 2.43. The van der Waals surface area contributed by atoms with Crippen LogP contribution >= 0.6 is 23.2 Å². The summed E-state index contributed by atoms with van der Waals surface area (Å²) in [5.41, 5.74) is 1.42. The second-order valence-corrected chi connectivity index (χ2v) is 4.29. The van der Waals surface area contributed by atoms with Gasteiger partial charge >= 0.3 is 0 Å². The van der Waals surface area contributed by atoms with Crippen LogP contribution in [-0.2, 0) is 4.74 Å². The first-order valence-electron chi connectivity index (χ1n) is 4.40. The van der Waals surface area contributed by atoms with Gasteiger partial charge in [0.2, 0.25) is 0 Å². The van der Waals surface area contributed by atoms with Crippen molar-refractivity contribution in [2.24, 2.45) is 0 Å². The predicted octanol–water partition coefficient (Wildman–Crippen LogP) is 2.46. The molecule has 13 heavy (non-hydrogen) atoms. The van der Waals surface area contributed by atoms with Crippen molar-refractivity contribution in [3.63, 3.8) is 0 Å². The largest absolute Gasteiger partial charge is 0.377 e. The predicted molar refractivity (Wildman–Crippen MR) is 56.2 cm³/mol. The summed E-state index contributed by atoms with van der Waals surface area (Å²) in [5, 5.41) is 3.98. The lowest BCUT2D eigenvalue weighted by molar-refractivity contribution is 0.0899. The standard InChI is InChI=1S/C9H15Cl2NO/c1-7-9(2,3-4-13-7)12-6-8(11)5-10/h5,7,12H,3-4,6H2,1-2H3. The van der Waals surface area contributed by atoms with E-state index < -0.39 is 0 Å². The van der Waals surface area contributed by atoms with Gasteiger partial charge in [0.15, 0.2) is 0 Å². The molecule has 0 saturated carbocycles. The molecule has 1 heterocycles. The molecule has 4 heteroatoms. The van der Waals surface area contributed by atoms with Crippen LogP contribution < -0.4 is 5.32 Å². The summed E-state index contributed by atoms with van der Waals surface area (Å²) < 4.78 is 5.48. The van der Waals surface area contributed by atoms with Crippen LogP contribution in [0.15, 0.2) is 10.6 Å². The van der Waals surface area contributed by atoms with Gasteiger partial charge in [0.1, 0.15) is 0 Å². The van der Waals surface area contributed by atoms with E-state index in [0.29, 0.717) is 11.6 Å². The first-order valence-corrected chi connectivity index (χ1v) is 5.21. The van der Waals surface area contributed by atoms with Gasteiger partial charge < -0.3 is 10.1 Å². The van der Waals surface area contributed by atoms with Crippen LogP contribution in [0.5, 0.6) is 0 Å². The van der Waals surface area contributed by atoms with Crippen molar-refractivity contribution in [1.29, 1.82) is 0 Å². The van der Waals surface area contributed by atoms with E-state index in [0.717, 1.165) is 13.0 Å². The number of ether oxygens (including phenoxy) is 1. The second kappa shape index (κ2) is 4.65. The summed E-state index contributed by atoms with van der Waals surface area (Å²) in [6.07, 6.45) is 1.24. The van der Waals surface area contributed by atoms with Gasteiger partial charge in [0.25, 0.3) is 0 Å². The molecule has 1 saturated heterocycles. The summed E-state index contributed by atoms with van der Waals surface area (Å²) in [5.74, 6) is 0. The van der Waals surface area contributed by atoms with Crippen LogP contribution in [0.4, 0.5) is 0 Å². The Morgan fingerprint density at radius 1 is 1.77 bits per heavy atom. The Bertz CT molecular complexity index is 208.